The average molecular weight is 291 g/mol. The minimum atomic E-state index is -1.08. The topological polar surface area (TPSA) is 106 Å². The van der Waals surface area contributed by atoms with Crippen molar-refractivity contribution in [1.82, 2.24) is 9.97 Å². The quantitative estimate of drug-likeness (QED) is 0.681. The van der Waals surface area contributed by atoms with Crippen molar-refractivity contribution in [1.29, 1.82) is 0 Å². The van der Waals surface area contributed by atoms with Gasteiger partial charge in [-0.25, -0.2) is 14.8 Å². The molecule has 2 heterocycles. The van der Waals surface area contributed by atoms with Gasteiger partial charge in [-0.1, -0.05) is 0 Å². The Hall–Kier alpha value is -2.48. The third-order valence-electron chi connectivity index (χ3n) is 2.46. The summed E-state index contributed by atoms with van der Waals surface area (Å²) in [6.07, 6.45) is 2.63. The lowest BCUT2D eigenvalue weighted by atomic mass is 10.3. The molecule has 0 saturated heterocycles. The van der Waals surface area contributed by atoms with Crippen molar-refractivity contribution in [2.75, 3.05) is 0 Å². The van der Waals surface area contributed by atoms with Crippen LogP contribution in [0.15, 0.2) is 40.6 Å². The van der Waals surface area contributed by atoms with E-state index in [1.54, 1.807) is 6.92 Å². The number of nitro groups is 1. The smallest absolute Gasteiger partial charge is 0.338 e. The number of aryl methyl sites for hydroxylation is 1. The maximum Gasteiger partial charge on any atom is 0.338 e. The summed E-state index contributed by atoms with van der Waals surface area (Å²) in [6, 6.07) is 4.50. The van der Waals surface area contributed by atoms with Gasteiger partial charge < -0.3 is 5.11 Å². The fraction of sp³-hybridized carbons (Fsp3) is 0.0833. The predicted octanol–water partition coefficient (Wildman–Crippen LogP) is 2.54. The number of carboxylic acid groups (broad SMARTS) is 1. The third-order valence-corrected chi connectivity index (χ3v) is 3.41. The molecule has 2 rings (SSSR count). The number of hydrogen-bond donors (Lipinski definition) is 1. The first kappa shape index (κ1) is 13.9. The third kappa shape index (κ3) is 2.91. The summed E-state index contributed by atoms with van der Waals surface area (Å²) in [5.74, 6) is -1.08. The molecule has 0 spiro atoms. The number of rotatable bonds is 4. The van der Waals surface area contributed by atoms with E-state index < -0.39 is 10.9 Å². The second-order valence-electron chi connectivity index (χ2n) is 3.83. The van der Waals surface area contributed by atoms with Crippen molar-refractivity contribution < 1.29 is 14.8 Å². The predicted molar refractivity (Wildman–Crippen MR) is 70.9 cm³/mol. The summed E-state index contributed by atoms with van der Waals surface area (Å²) in [7, 11) is 0. The zero-order chi connectivity index (χ0) is 14.7. The second-order valence-corrected chi connectivity index (χ2v) is 4.84. The first-order valence-corrected chi connectivity index (χ1v) is 6.28. The Labute approximate surface area is 117 Å². The van der Waals surface area contributed by atoms with Crippen LogP contribution in [0.1, 0.15) is 15.9 Å². The van der Waals surface area contributed by atoms with Crippen LogP contribution < -0.4 is 0 Å². The van der Waals surface area contributed by atoms with Gasteiger partial charge in [0.25, 0.3) is 5.69 Å². The van der Waals surface area contributed by atoms with Crippen molar-refractivity contribution in [3.05, 3.63) is 51.8 Å². The number of hydrogen-bond acceptors (Lipinski definition) is 6. The van der Waals surface area contributed by atoms with Crippen LogP contribution in [-0.2, 0) is 0 Å². The van der Waals surface area contributed by atoms with Crippen LogP contribution in [0.2, 0.25) is 0 Å². The standard InChI is InChI=1S/C12H9N3O4S/c1-7-5-10(14-6-9(7)15(18)19)20-11-8(12(16)17)3-2-4-13-11/h2-6H,1H3,(H,16,17). The SMILES string of the molecule is Cc1cc(Sc2ncccc2C(=O)O)ncc1[N+](=O)[O-]. The van der Waals surface area contributed by atoms with Gasteiger partial charge in [0.1, 0.15) is 16.2 Å². The molecule has 7 nitrogen and oxygen atoms in total. The van der Waals surface area contributed by atoms with Crippen LogP contribution in [0, 0.1) is 17.0 Å². The molecule has 0 atom stereocenters. The van der Waals surface area contributed by atoms with Crippen molar-refractivity contribution >= 4 is 23.4 Å². The zero-order valence-electron chi connectivity index (χ0n) is 10.3. The Morgan fingerprint density at radius 1 is 1.45 bits per heavy atom. The van der Waals surface area contributed by atoms with Gasteiger partial charge in [-0.2, -0.15) is 0 Å². The van der Waals surface area contributed by atoms with Gasteiger partial charge >= 0.3 is 5.97 Å². The summed E-state index contributed by atoms with van der Waals surface area (Å²) in [4.78, 5) is 29.2. The minimum Gasteiger partial charge on any atom is -0.478 e. The van der Waals surface area contributed by atoms with Gasteiger partial charge in [-0.05, 0) is 36.9 Å². The van der Waals surface area contributed by atoms with Crippen LogP contribution in [0.25, 0.3) is 0 Å². The van der Waals surface area contributed by atoms with Gasteiger partial charge in [0, 0.05) is 11.8 Å². The summed E-state index contributed by atoms with van der Waals surface area (Å²) in [6.45, 7) is 1.60. The highest BCUT2D eigenvalue weighted by atomic mass is 32.2. The van der Waals surface area contributed by atoms with Crippen LogP contribution in [0.3, 0.4) is 0 Å². The van der Waals surface area contributed by atoms with E-state index in [1.807, 2.05) is 0 Å². The second kappa shape index (κ2) is 5.66. The van der Waals surface area contributed by atoms with Gasteiger partial charge in [0.15, 0.2) is 0 Å². The molecule has 0 radical (unpaired) electrons. The van der Waals surface area contributed by atoms with Crippen LogP contribution in [0.5, 0.6) is 0 Å². The van der Waals surface area contributed by atoms with Crippen molar-refractivity contribution in [2.24, 2.45) is 0 Å². The summed E-state index contributed by atoms with van der Waals surface area (Å²) in [5.41, 5.74) is 0.449. The Bertz CT molecular complexity index is 690. The zero-order valence-corrected chi connectivity index (χ0v) is 11.1. The molecule has 102 valence electrons. The summed E-state index contributed by atoms with van der Waals surface area (Å²) in [5, 5.41) is 20.5. The highest BCUT2D eigenvalue weighted by Crippen LogP contribution is 2.29. The van der Waals surface area contributed by atoms with E-state index in [0.717, 1.165) is 18.0 Å². The first-order valence-electron chi connectivity index (χ1n) is 5.46. The maximum atomic E-state index is 11.1. The Balaban J connectivity index is 2.34. The largest absolute Gasteiger partial charge is 0.478 e. The van der Waals surface area contributed by atoms with Crippen LogP contribution in [-0.4, -0.2) is 26.0 Å². The summed E-state index contributed by atoms with van der Waals surface area (Å²) < 4.78 is 0. The molecule has 0 aromatic carbocycles. The number of aromatic nitrogens is 2. The minimum absolute atomic E-state index is 0.0651. The molecule has 20 heavy (non-hydrogen) atoms. The highest BCUT2D eigenvalue weighted by molar-refractivity contribution is 7.99. The van der Waals surface area contributed by atoms with E-state index in [-0.39, 0.29) is 11.3 Å². The summed E-state index contributed by atoms with van der Waals surface area (Å²) >= 11 is 1.05. The Morgan fingerprint density at radius 3 is 2.80 bits per heavy atom. The lowest BCUT2D eigenvalue weighted by Gasteiger charge is -2.04. The molecular weight excluding hydrogens is 282 g/mol. The number of carboxylic acids is 1. The fourth-order valence-corrected chi connectivity index (χ4v) is 2.42. The van der Waals surface area contributed by atoms with E-state index in [4.69, 9.17) is 5.11 Å². The van der Waals surface area contributed by atoms with Crippen molar-refractivity contribution in [2.45, 2.75) is 17.0 Å². The van der Waals surface area contributed by atoms with Crippen molar-refractivity contribution in [3.8, 4) is 0 Å². The number of nitrogens with zero attached hydrogens (tertiary/aromatic N) is 3. The van der Waals surface area contributed by atoms with E-state index in [0.29, 0.717) is 15.6 Å². The molecular formula is C12H9N3O4S. The molecule has 2 aromatic heterocycles. The molecule has 0 aliphatic heterocycles. The fourth-order valence-electron chi connectivity index (χ4n) is 1.50. The normalized spacial score (nSPS) is 10.2. The molecule has 0 amide bonds. The molecule has 2 aromatic rings. The molecule has 8 heteroatoms. The molecule has 0 aliphatic carbocycles. The van der Waals surface area contributed by atoms with Gasteiger partial charge in [-0.15, -0.1) is 0 Å². The monoisotopic (exact) mass is 291 g/mol. The first-order chi connectivity index (χ1) is 9.49. The molecule has 0 aliphatic rings. The van der Waals surface area contributed by atoms with Gasteiger partial charge in [0.2, 0.25) is 0 Å². The van der Waals surface area contributed by atoms with E-state index >= 15 is 0 Å². The number of pyridine rings is 2. The molecule has 1 N–H and O–H groups in total. The van der Waals surface area contributed by atoms with E-state index in [9.17, 15) is 14.9 Å². The Morgan fingerprint density at radius 2 is 2.20 bits per heavy atom. The van der Waals surface area contributed by atoms with E-state index in [2.05, 4.69) is 9.97 Å². The number of carbonyl (C=O) groups is 1. The van der Waals surface area contributed by atoms with Gasteiger partial charge in [-0.3, -0.25) is 10.1 Å². The van der Waals surface area contributed by atoms with Crippen LogP contribution in [0.4, 0.5) is 5.69 Å². The molecule has 0 saturated carbocycles. The van der Waals surface area contributed by atoms with Crippen LogP contribution >= 0.6 is 11.8 Å². The number of aromatic carboxylic acids is 1. The molecule has 0 fully saturated rings. The van der Waals surface area contributed by atoms with Crippen molar-refractivity contribution in [3.63, 3.8) is 0 Å². The molecule has 0 unspecified atom stereocenters. The Kier molecular flexibility index (Phi) is 3.94. The lowest BCUT2D eigenvalue weighted by molar-refractivity contribution is -0.385. The van der Waals surface area contributed by atoms with Gasteiger partial charge in [0.05, 0.1) is 10.5 Å². The lowest BCUT2D eigenvalue weighted by Crippen LogP contribution is -2.00. The molecule has 0 bridgehead atoms. The highest BCUT2D eigenvalue weighted by Gasteiger charge is 2.15. The average Bonchev–Trinajstić information content (AvgIpc) is 2.38. The van der Waals surface area contributed by atoms with E-state index in [1.165, 1.54) is 24.4 Å². The maximum absolute atomic E-state index is 11.1.